The second-order valence-corrected chi connectivity index (χ2v) is 8.41. The zero-order valence-corrected chi connectivity index (χ0v) is 13.2. The summed E-state index contributed by atoms with van der Waals surface area (Å²) in [6, 6.07) is 4.73. The van der Waals surface area contributed by atoms with Crippen LogP contribution in [0, 0.1) is 0 Å². The van der Waals surface area contributed by atoms with Crippen LogP contribution in [0.5, 0.6) is 0 Å². The van der Waals surface area contributed by atoms with Gasteiger partial charge in [-0.25, -0.2) is 0 Å². The molecule has 0 aliphatic heterocycles. The van der Waals surface area contributed by atoms with E-state index in [1.165, 1.54) is 30.2 Å². The number of thiophene rings is 2. The van der Waals surface area contributed by atoms with E-state index in [0.717, 1.165) is 0 Å². The lowest BCUT2D eigenvalue weighted by atomic mass is 9.94. The molecule has 0 radical (unpaired) electrons. The maximum Gasteiger partial charge on any atom is 0.102 e. The van der Waals surface area contributed by atoms with Crippen molar-refractivity contribution in [3.63, 3.8) is 0 Å². The number of rotatable bonds is 1. The molecule has 18 heavy (non-hydrogen) atoms. The highest BCUT2D eigenvalue weighted by atomic mass is 32.1. The minimum absolute atomic E-state index is 0.244. The fraction of sp³-hybridized carbons (Fsp3) is 0.467. The van der Waals surface area contributed by atoms with E-state index in [2.05, 4.69) is 51.7 Å². The van der Waals surface area contributed by atoms with Crippen LogP contribution in [0.1, 0.15) is 50.3 Å². The van der Waals surface area contributed by atoms with Gasteiger partial charge in [-0.1, -0.05) is 34.6 Å². The Morgan fingerprint density at radius 2 is 1.61 bits per heavy atom. The molecule has 1 N–H and O–H groups in total. The van der Waals surface area contributed by atoms with Crippen molar-refractivity contribution in [2.24, 2.45) is 0 Å². The molecule has 0 atom stereocenters. The lowest BCUT2D eigenvalue weighted by Gasteiger charge is -2.14. The molecule has 3 rings (SSSR count). The molecule has 96 valence electrons. The Labute approximate surface area is 116 Å². The first kappa shape index (κ1) is 12.2. The van der Waals surface area contributed by atoms with Crippen molar-refractivity contribution in [1.82, 2.24) is 4.98 Å². The van der Waals surface area contributed by atoms with Crippen LogP contribution in [0.3, 0.4) is 0 Å². The van der Waals surface area contributed by atoms with Crippen LogP contribution in [0.25, 0.3) is 20.4 Å². The highest BCUT2D eigenvalue weighted by Gasteiger charge is 2.20. The summed E-state index contributed by atoms with van der Waals surface area (Å²) in [5, 5.41) is 2.81. The Morgan fingerprint density at radius 3 is 2.22 bits per heavy atom. The number of hydrogen-bond acceptors (Lipinski definition) is 2. The van der Waals surface area contributed by atoms with Gasteiger partial charge in [0.1, 0.15) is 9.66 Å². The van der Waals surface area contributed by atoms with E-state index in [9.17, 15) is 0 Å². The van der Waals surface area contributed by atoms with E-state index in [1.807, 2.05) is 22.7 Å². The van der Waals surface area contributed by atoms with E-state index < -0.39 is 0 Å². The topological polar surface area (TPSA) is 15.8 Å². The first-order valence-corrected chi connectivity index (χ1v) is 8.05. The molecule has 0 aliphatic rings. The molecule has 0 aliphatic carbocycles. The molecule has 3 aromatic heterocycles. The summed E-state index contributed by atoms with van der Waals surface area (Å²) >= 11 is 3.80. The van der Waals surface area contributed by atoms with E-state index in [4.69, 9.17) is 0 Å². The smallest absolute Gasteiger partial charge is 0.102 e. The largest absolute Gasteiger partial charge is 0.338 e. The van der Waals surface area contributed by atoms with E-state index in [-0.39, 0.29) is 5.41 Å². The lowest BCUT2D eigenvalue weighted by Crippen LogP contribution is -2.07. The monoisotopic (exact) mass is 277 g/mol. The first-order chi connectivity index (χ1) is 8.36. The van der Waals surface area contributed by atoms with Gasteiger partial charge in [0.25, 0.3) is 0 Å². The number of nitrogens with one attached hydrogen (secondary N) is 1. The van der Waals surface area contributed by atoms with Gasteiger partial charge in [0, 0.05) is 20.5 Å². The Bertz CT molecular complexity index is 704. The highest BCUT2D eigenvalue weighted by Crippen LogP contribution is 2.41. The molecule has 0 bridgehead atoms. The van der Waals surface area contributed by atoms with Crippen molar-refractivity contribution < 1.29 is 0 Å². The van der Waals surface area contributed by atoms with E-state index >= 15 is 0 Å². The van der Waals surface area contributed by atoms with Crippen LogP contribution in [0.2, 0.25) is 0 Å². The Morgan fingerprint density at radius 1 is 1.00 bits per heavy atom. The van der Waals surface area contributed by atoms with E-state index in [1.54, 1.807) is 0 Å². The molecule has 0 unspecified atom stereocenters. The third-order valence-electron chi connectivity index (χ3n) is 3.31. The predicted octanol–water partition coefficient (Wildman–Crippen LogP) is 5.87. The summed E-state index contributed by atoms with van der Waals surface area (Å²) < 4.78 is 0. The van der Waals surface area contributed by atoms with Gasteiger partial charge in [0.2, 0.25) is 0 Å². The minimum atomic E-state index is 0.244. The summed E-state index contributed by atoms with van der Waals surface area (Å²) in [4.78, 5) is 9.18. The van der Waals surface area contributed by atoms with Crippen LogP contribution in [0.15, 0.2) is 12.1 Å². The standard InChI is InChI=1S/C15H19NS2/c1-8(2)11-6-9-10-7-12(15(3,4)5)18-14(10)16-13(9)17-11/h6-8,16H,1-5H3. The second-order valence-electron chi connectivity index (χ2n) is 6.27. The van der Waals surface area contributed by atoms with Gasteiger partial charge < -0.3 is 4.98 Å². The van der Waals surface area contributed by atoms with Gasteiger partial charge in [0.05, 0.1) is 0 Å². The summed E-state index contributed by atoms with van der Waals surface area (Å²) in [7, 11) is 0. The molecule has 0 saturated carbocycles. The Kier molecular flexibility index (Phi) is 2.62. The molecule has 0 amide bonds. The van der Waals surface area contributed by atoms with Crippen molar-refractivity contribution in [2.45, 2.75) is 46.0 Å². The van der Waals surface area contributed by atoms with Crippen LogP contribution in [-0.2, 0) is 5.41 Å². The molecular formula is C15H19NS2. The average Bonchev–Trinajstić information content (AvgIpc) is 2.82. The Balaban J connectivity index is 2.23. The highest BCUT2D eigenvalue weighted by molar-refractivity contribution is 7.21. The van der Waals surface area contributed by atoms with Gasteiger partial charge in [0.15, 0.2) is 0 Å². The zero-order valence-electron chi connectivity index (χ0n) is 11.5. The molecule has 3 aromatic rings. The van der Waals surface area contributed by atoms with Crippen LogP contribution < -0.4 is 0 Å². The normalized spacial score (nSPS) is 13.2. The summed E-state index contributed by atoms with van der Waals surface area (Å²) in [5.74, 6) is 0.617. The molecular weight excluding hydrogens is 258 g/mol. The fourth-order valence-electron chi connectivity index (χ4n) is 2.14. The zero-order chi connectivity index (χ0) is 13.1. The van der Waals surface area contributed by atoms with Gasteiger partial charge in [-0.3, -0.25) is 0 Å². The number of H-pyrrole nitrogens is 1. The van der Waals surface area contributed by atoms with Gasteiger partial charge in [-0.15, -0.1) is 22.7 Å². The van der Waals surface area contributed by atoms with Crippen molar-refractivity contribution in [2.75, 3.05) is 0 Å². The molecule has 0 saturated heterocycles. The van der Waals surface area contributed by atoms with Gasteiger partial charge in [-0.2, -0.15) is 0 Å². The Hall–Kier alpha value is -0.800. The van der Waals surface area contributed by atoms with Gasteiger partial charge in [-0.05, 0) is 23.5 Å². The third kappa shape index (κ3) is 1.81. The van der Waals surface area contributed by atoms with Crippen molar-refractivity contribution in [3.8, 4) is 0 Å². The minimum Gasteiger partial charge on any atom is -0.338 e. The molecule has 0 aromatic carbocycles. The third-order valence-corrected chi connectivity index (χ3v) is 6.14. The first-order valence-electron chi connectivity index (χ1n) is 6.41. The van der Waals surface area contributed by atoms with Crippen molar-refractivity contribution in [3.05, 3.63) is 21.9 Å². The SMILES string of the molecule is CC(C)c1cc2c([nH]c3sc(C(C)(C)C)cc32)s1. The lowest BCUT2D eigenvalue weighted by molar-refractivity contribution is 0.604. The molecule has 0 fully saturated rings. The summed E-state index contributed by atoms with van der Waals surface area (Å²) in [6.07, 6.45) is 0. The maximum atomic E-state index is 3.58. The number of aromatic nitrogens is 1. The maximum absolute atomic E-state index is 3.58. The second kappa shape index (κ2) is 3.84. The fourth-order valence-corrected chi connectivity index (χ4v) is 4.42. The predicted molar refractivity (Wildman–Crippen MR) is 84.3 cm³/mol. The molecule has 3 heterocycles. The number of aromatic amines is 1. The van der Waals surface area contributed by atoms with Crippen LogP contribution in [-0.4, -0.2) is 4.98 Å². The average molecular weight is 277 g/mol. The molecule has 0 spiro atoms. The van der Waals surface area contributed by atoms with E-state index in [0.29, 0.717) is 5.92 Å². The van der Waals surface area contributed by atoms with Gasteiger partial charge >= 0.3 is 0 Å². The quantitative estimate of drug-likeness (QED) is 0.573. The van der Waals surface area contributed by atoms with Crippen molar-refractivity contribution >= 4 is 43.1 Å². The summed E-state index contributed by atoms with van der Waals surface area (Å²) in [6.45, 7) is 11.4. The van der Waals surface area contributed by atoms with Crippen LogP contribution in [0.4, 0.5) is 0 Å². The number of hydrogen-bond donors (Lipinski definition) is 1. The molecule has 1 nitrogen and oxygen atoms in total. The van der Waals surface area contributed by atoms with Crippen LogP contribution >= 0.6 is 22.7 Å². The number of fused-ring (bicyclic) bond motifs is 3. The summed E-state index contributed by atoms with van der Waals surface area (Å²) in [5.41, 5.74) is 0.244. The van der Waals surface area contributed by atoms with Crippen molar-refractivity contribution in [1.29, 1.82) is 0 Å². The molecule has 3 heteroatoms.